The molecule has 1 aliphatic heterocycles. The van der Waals surface area contributed by atoms with Crippen LogP contribution in [-0.2, 0) is 29.1 Å². The zero-order valence-electron chi connectivity index (χ0n) is 19.2. The van der Waals surface area contributed by atoms with E-state index in [-0.39, 0.29) is 18.4 Å². The number of aryl methyl sites for hydroxylation is 1. The fourth-order valence-electron chi connectivity index (χ4n) is 3.87. The van der Waals surface area contributed by atoms with E-state index in [0.29, 0.717) is 19.7 Å². The summed E-state index contributed by atoms with van der Waals surface area (Å²) in [5.41, 5.74) is 2.94. The fraction of sp³-hybridized carbons (Fsp3) is 0.385. The summed E-state index contributed by atoms with van der Waals surface area (Å²) in [6, 6.07) is 15.8. The summed E-state index contributed by atoms with van der Waals surface area (Å²) in [5.74, 6) is 1.63. The average Bonchev–Trinajstić information content (AvgIpc) is 3.51. The van der Waals surface area contributed by atoms with Crippen LogP contribution >= 0.6 is 11.3 Å². The first kappa shape index (κ1) is 23.3. The lowest BCUT2D eigenvalue weighted by atomic mass is 10.1. The smallest absolute Gasteiger partial charge is 0.229 e. The Bertz CT molecular complexity index is 1040. The molecule has 0 aliphatic carbocycles. The first-order chi connectivity index (χ1) is 16.1. The number of ether oxygens (including phenoxy) is 3. The van der Waals surface area contributed by atoms with Gasteiger partial charge in [-0.05, 0) is 38.0 Å². The van der Waals surface area contributed by atoms with Gasteiger partial charge in [-0.1, -0.05) is 35.9 Å². The number of rotatable bonds is 10. The summed E-state index contributed by atoms with van der Waals surface area (Å²) >= 11 is 1.52. The van der Waals surface area contributed by atoms with E-state index in [2.05, 4.69) is 4.98 Å². The first-order valence-electron chi connectivity index (χ1n) is 11.2. The van der Waals surface area contributed by atoms with E-state index < -0.39 is 0 Å². The van der Waals surface area contributed by atoms with Gasteiger partial charge in [0.2, 0.25) is 5.91 Å². The van der Waals surface area contributed by atoms with Gasteiger partial charge < -0.3 is 19.1 Å². The van der Waals surface area contributed by atoms with E-state index in [9.17, 15) is 4.79 Å². The van der Waals surface area contributed by atoms with E-state index in [1.54, 1.807) is 7.11 Å². The maximum atomic E-state index is 13.3. The molecule has 6 nitrogen and oxygen atoms in total. The molecule has 0 radical (unpaired) electrons. The lowest BCUT2D eigenvalue weighted by Gasteiger charge is -2.26. The third-order valence-corrected chi connectivity index (χ3v) is 6.54. The quantitative estimate of drug-likeness (QED) is 0.430. The Labute approximate surface area is 199 Å². The van der Waals surface area contributed by atoms with Crippen LogP contribution in [0.1, 0.15) is 34.7 Å². The number of carbonyl (C=O) groups is 1. The predicted molar refractivity (Wildman–Crippen MR) is 129 cm³/mol. The molecular weight excluding hydrogens is 436 g/mol. The molecular formula is C26H30N2O4S. The number of benzene rings is 2. The van der Waals surface area contributed by atoms with Gasteiger partial charge in [-0.25, -0.2) is 4.98 Å². The highest BCUT2D eigenvalue weighted by atomic mass is 32.1. The van der Waals surface area contributed by atoms with Crippen molar-refractivity contribution >= 4 is 17.2 Å². The van der Waals surface area contributed by atoms with Crippen molar-refractivity contribution in [3.63, 3.8) is 0 Å². The standard InChI is InChI=1S/C26H30N2O4S/c1-19-9-11-22(12-10-19)32-17-25-27-21(18-33-25)14-26(29)28(16-23-7-5-13-31-23)15-20-6-3-4-8-24(20)30-2/h3-4,6,8-12,18,23H,5,7,13-17H2,1-2H3. The monoisotopic (exact) mass is 466 g/mol. The molecule has 4 rings (SSSR count). The summed E-state index contributed by atoms with van der Waals surface area (Å²) in [7, 11) is 1.65. The van der Waals surface area contributed by atoms with Gasteiger partial charge in [0.1, 0.15) is 23.1 Å². The van der Waals surface area contributed by atoms with E-state index in [0.717, 1.165) is 47.2 Å². The minimum Gasteiger partial charge on any atom is -0.496 e. The second kappa shape index (κ2) is 11.3. The van der Waals surface area contributed by atoms with E-state index in [1.165, 1.54) is 16.9 Å². The van der Waals surface area contributed by atoms with Gasteiger partial charge in [0, 0.05) is 30.6 Å². The van der Waals surface area contributed by atoms with Gasteiger partial charge in [-0.2, -0.15) is 0 Å². The van der Waals surface area contributed by atoms with Crippen molar-refractivity contribution in [1.29, 1.82) is 0 Å². The Kier molecular flexibility index (Phi) is 7.96. The number of para-hydroxylation sites is 1. The van der Waals surface area contributed by atoms with Crippen LogP contribution in [0, 0.1) is 6.92 Å². The highest BCUT2D eigenvalue weighted by molar-refractivity contribution is 7.09. The second-order valence-corrected chi connectivity index (χ2v) is 9.17. The van der Waals surface area contributed by atoms with E-state index in [4.69, 9.17) is 14.2 Å². The number of hydrogen-bond acceptors (Lipinski definition) is 6. The first-order valence-corrected chi connectivity index (χ1v) is 12.1. The highest BCUT2D eigenvalue weighted by Gasteiger charge is 2.24. The Morgan fingerprint density at radius 2 is 2.03 bits per heavy atom. The van der Waals surface area contributed by atoms with E-state index >= 15 is 0 Å². The summed E-state index contributed by atoms with van der Waals surface area (Å²) in [6.07, 6.45) is 2.35. The minimum atomic E-state index is 0.0349. The largest absolute Gasteiger partial charge is 0.496 e. The van der Waals surface area contributed by atoms with Gasteiger partial charge in [0.25, 0.3) is 0 Å². The lowest BCUT2D eigenvalue weighted by Crippen LogP contribution is -2.38. The molecule has 0 bridgehead atoms. The number of amides is 1. The maximum Gasteiger partial charge on any atom is 0.229 e. The molecule has 0 spiro atoms. The Balaban J connectivity index is 1.40. The number of nitrogens with zero attached hydrogens (tertiary/aromatic N) is 2. The molecule has 7 heteroatoms. The number of hydrogen-bond donors (Lipinski definition) is 0. The van der Waals surface area contributed by atoms with Gasteiger partial charge in [0.15, 0.2) is 0 Å². The topological polar surface area (TPSA) is 60.9 Å². The third-order valence-electron chi connectivity index (χ3n) is 5.67. The normalized spacial score (nSPS) is 15.4. The van der Waals surface area contributed by atoms with Crippen molar-refractivity contribution in [2.45, 2.75) is 45.4 Å². The summed E-state index contributed by atoms with van der Waals surface area (Å²) in [6.45, 7) is 4.26. The Hall–Kier alpha value is -2.90. The molecule has 1 unspecified atom stereocenters. The fourth-order valence-corrected chi connectivity index (χ4v) is 4.58. The molecule has 1 saturated heterocycles. The number of thiazole rings is 1. The van der Waals surface area contributed by atoms with Crippen molar-refractivity contribution in [3.8, 4) is 11.5 Å². The second-order valence-electron chi connectivity index (χ2n) is 8.23. The van der Waals surface area contributed by atoms with Crippen LogP contribution in [0.2, 0.25) is 0 Å². The molecule has 174 valence electrons. The summed E-state index contributed by atoms with van der Waals surface area (Å²) in [5, 5.41) is 2.80. The number of aromatic nitrogens is 1. The van der Waals surface area contributed by atoms with Crippen molar-refractivity contribution in [3.05, 3.63) is 75.7 Å². The van der Waals surface area contributed by atoms with Crippen molar-refractivity contribution in [2.75, 3.05) is 20.3 Å². The van der Waals surface area contributed by atoms with Crippen molar-refractivity contribution < 1.29 is 19.0 Å². The zero-order valence-corrected chi connectivity index (χ0v) is 20.0. The molecule has 1 atom stereocenters. The van der Waals surface area contributed by atoms with Gasteiger partial charge in [-0.15, -0.1) is 11.3 Å². The average molecular weight is 467 g/mol. The molecule has 1 aliphatic rings. The van der Waals surface area contributed by atoms with Crippen molar-refractivity contribution in [2.24, 2.45) is 0 Å². The van der Waals surface area contributed by atoms with Gasteiger partial charge in [0.05, 0.1) is 25.3 Å². The van der Waals surface area contributed by atoms with Crippen LogP contribution in [0.5, 0.6) is 11.5 Å². The Morgan fingerprint density at radius 1 is 1.21 bits per heavy atom. The molecule has 1 amide bonds. The van der Waals surface area contributed by atoms with Crippen molar-refractivity contribution in [1.82, 2.24) is 9.88 Å². The summed E-state index contributed by atoms with van der Waals surface area (Å²) < 4.78 is 17.1. The zero-order chi connectivity index (χ0) is 23.0. The third kappa shape index (κ3) is 6.55. The van der Waals surface area contributed by atoms with Gasteiger partial charge in [-0.3, -0.25) is 4.79 Å². The lowest BCUT2D eigenvalue weighted by molar-refractivity contribution is -0.132. The molecule has 1 aromatic heterocycles. The molecule has 1 fully saturated rings. The molecule has 0 saturated carbocycles. The predicted octanol–water partition coefficient (Wildman–Crippen LogP) is 4.79. The van der Waals surface area contributed by atoms with E-state index in [1.807, 2.05) is 65.7 Å². The molecule has 3 aromatic rings. The van der Waals surface area contributed by atoms with Crippen LogP contribution in [0.15, 0.2) is 53.9 Å². The number of carbonyl (C=O) groups excluding carboxylic acids is 1. The Morgan fingerprint density at radius 3 is 2.79 bits per heavy atom. The van der Waals surface area contributed by atoms with Crippen LogP contribution in [-0.4, -0.2) is 42.2 Å². The van der Waals surface area contributed by atoms with Crippen LogP contribution < -0.4 is 9.47 Å². The maximum absolute atomic E-state index is 13.3. The minimum absolute atomic E-state index is 0.0349. The van der Waals surface area contributed by atoms with Crippen LogP contribution in [0.25, 0.3) is 0 Å². The number of methoxy groups -OCH3 is 1. The van der Waals surface area contributed by atoms with Crippen LogP contribution in [0.4, 0.5) is 0 Å². The van der Waals surface area contributed by atoms with Gasteiger partial charge >= 0.3 is 0 Å². The molecule has 2 heterocycles. The molecule has 0 N–H and O–H groups in total. The molecule has 2 aromatic carbocycles. The summed E-state index contributed by atoms with van der Waals surface area (Å²) in [4.78, 5) is 19.8. The SMILES string of the molecule is COc1ccccc1CN(CC1CCCO1)C(=O)Cc1csc(COc2ccc(C)cc2)n1. The van der Waals surface area contributed by atoms with Crippen LogP contribution in [0.3, 0.4) is 0 Å². The highest BCUT2D eigenvalue weighted by Crippen LogP contribution is 2.22. The molecule has 33 heavy (non-hydrogen) atoms.